The van der Waals surface area contributed by atoms with E-state index in [0.717, 1.165) is 29.3 Å². The molecule has 5 rings (SSSR count). The van der Waals surface area contributed by atoms with Crippen molar-refractivity contribution in [1.29, 1.82) is 0 Å². The van der Waals surface area contributed by atoms with Gasteiger partial charge in [0.1, 0.15) is 17.2 Å². The zero-order valence-corrected chi connectivity index (χ0v) is 19.0. The summed E-state index contributed by atoms with van der Waals surface area (Å²) in [5.41, 5.74) is 4.96. The van der Waals surface area contributed by atoms with Crippen molar-refractivity contribution in [3.05, 3.63) is 76.5 Å². The molecule has 0 fully saturated rings. The average Bonchev–Trinajstić information content (AvgIpc) is 3.33. The van der Waals surface area contributed by atoms with Gasteiger partial charge in [0.25, 0.3) is 0 Å². The molecule has 6 nitrogen and oxygen atoms in total. The number of halogens is 1. The first-order valence-corrected chi connectivity index (χ1v) is 10.7. The van der Waals surface area contributed by atoms with Gasteiger partial charge in [0, 0.05) is 49.9 Å². The summed E-state index contributed by atoms with van der Waals surface area (Å²) in [6.45, 7) is 0.983. The summed E-state index contributed by atoms with van der Waals surface area (Å²) in [5.74, 6) is -0.553. The van der Waals surface area contributed by atoms with Crippen molar-refractivity contribution >= 4 is 11.6 Å². The van der Waals surface area contributed by atoms with Gasteiger partial charge in [-0.3, -0.25) is 4.40 Å². The van der Waals surface area contributed by atoms with Gasteiger partial charge in [0.05, 0.1) is 16.4 Å². The standard InChI is InChI=1S/C26H28FN5O/c1-16-11-18(15-31(3)4)5-6-19(16)22-13-29-26(32-14-17(2)30-25(22)32)28-12-21-20-9-10-33-24(20)8-7-23(21)27/h5-8,11,13-14H,9-10,12,15H2,1-4H3,(H,28,29)/i9D,10D,12D2. The van der Waals surface area contributed by atoms with E-state index in [9.17, 15) is 4.39 Å². The fraction of sp³-hybridized carbons (Fsp3) is 0.308. The van der Waals surface area contributed by atoms with Crippen LogP contribution in [0.1, 0.15) is 33.4 Å². The number of nitrogens with zero attached hydrogens (tertiary/aromatic N) is 4. The Kier molecular flexibility index (Phi) is 4.39. The largest absolute Gasteiger partial charge is 0.493 e. The highest BCUT2D eigenvalue weighted by molar-refractivity contribution is 5.80. The predicted molar refractivity (Wildman–Crippen MR) is 128 cm³/mol. The van der Waals surface area contributed by atoms with Crippen LogP contribution in [0.5, 0.6) is 5.75 Å². The molecular weight excluding hydrogens is 417 g/mol. The van der Waals surface area contributed by atoms with Crippen LogP contribution < -0.4 is 10.1 Å². The first-order valence-electron chi connectivity index (χ1n) is 12.8. The van der Waals surface area contributed by atoms with Gasteiger partial charge in [-0.05, 0) is 56.8 Å². The molecule has 0 amide bonds. The highest BCUT2D eigenvalue weighted by Gasteiger charge is 2.20. The highest BCUT2D eigenvalue weighted by Crippen LogP contribution is 2.32. The van der Waals surface area contributed by atoms with Crippen LogP contribution in [0.3, 0.4) is 0 Å². The van der Waals surface area contributed by atoms with E-state index in [4.69, 9.17) is 10.2 Å². The van der Waals surface area contributed by atoms with Crippen LogP contribution in [-0.2, 0) is 19.4 Å². The topological polar surface area (TPSA) is 54.7 Å². The monoisotopic (exact) mass is 449 g/mol. The third kappa shape index (κ3) is 4.04. The zero-order valence-electron chi connectivity index (χ0n) is 23.0. The molecule has 170 valence electrons. The van der Waals surface area contributed by atoms with Gasteiger partial charge in [-0.2, -0.15) is 0 Å². The first-order chi connectivity index (χ1) is 17.5. The summed E-state index contributed by atoms with van der Waals surface area (Å²) in [6.07, 6.45) is 2.14. The second-order valence-corrected chi connectivity index (χ2v) is 8.46. The molecule has 2 atom stereocenters. The third-order valence-electron chi connectivity index (χ3n) is 5.57. The average molecular weight is 450 g/mol. The van der Waals surface area contributed by atoms with Crippen LogP contribution in [0.25, 0.3) is 16.8 Å². The minimum Gasteiger partial charge on any atom is -0.493 e. The fourth-order valence-electron chi connectivity index (χ4n) is 4.13. The number of anilines is 1. The van der Waals surface area contributed by atoms with Crippen LogP contribution >= 0.6 is 0 Å². The molecule has 2 aromatic carbocycles. The summed E-state index contributed by atoms with van der Waals surface area (Å²) in [7, 11) is 4.04. The lowest BCUT2D eigenvalue weighted by Crippen LogP contribution is -2.11. The molecule has 1 aliphatic rings. The lowest BCUT2D eigenvalue weighted by molar-refractivity contribution is 0.356. The van der Waals surface area contributed by atoms with E-state index >= 15 is 0 Å². The van der Waals surface area contributed by atoms with Crippen LogP contribution in [0, 0.1) is 19.7 Å². The number of hydrogen-bond acceptors (Lipinski definition) is 5. The predicted octanol–water partition coefficient (Wildman–Crippen LogP) is 4.76. The van der Waals surface area contributed by atoms with Crippen molar-refractivity contribution in [3.63, 3.8) is 0 Å². The van der Waals surface area contributed by atoms with E-state index in [2.05, 4.69) is 32.3 Å². The van der Waals surface area contributed by atoms with E-state index in [1.54, 1.807) is 16.8 Å². The minimum atomic E-state index is -2.45. The summed E-state index contributed by atoms with van der Waals surface area (Å²) in [5, 5.41) is 2.72. The summed E-state index contributed by atoms with van der Waals surface area (Å²) in [4.78, 5) is 11.3. The minimum absolute atomic E-state index is 0.0283. The SMILES string of the molecule is [2H]C1Oc2ccc(F)c(C([2H])([2H])Nc3ncc(-c4ccc(CN(C)C)cc4C)c4nc(C)cn34)c2C1[2H]. The summed E-state index contributed by atoms with van der Waals surface area (Å²) >= 11 is 0. The Labute approximate surface area is 198 Å². The second kappa shape index (κ2) is 8.48. The van der Waals surface area contributed by atoms with Crippen LogP contribution in [0.4, 0.5) is 10.3 Å². The molecule has 7 heteroatoms. The maximum atomic E-state index is 15.0. The van der Waals surface area contributed by atoms with E-state index in [1.807, 2.05) is 34.0 Å². The molecule has 3 heterocycles. The molecule has 4 aromatic rings. The van der Waals surface area contributed by atoms with Crippen molar-refractivity contribution in [3.8, 4) is 16.9 Å². The Hall–Kier alpha value is -3.45. The quantitative estimate of drug-likeness (QED) is 0.460. The number of nitrogens with one attached hydrogen (secondary N) is 1. The van der Waals surface area contributed by atoms with E-state index < -0.39 is 25.3 Å². The van der Waals surface area contributed by atoms with Crippen molar-refractivity contribution in [2.75, 3.05) is 26.0 Å². The number of hydrogen-bond donors (Lipinski definition) is 1. The maximum absolute atomic E-state index is 15.0. The molecule has 2 unspecified atom stereocenters. The molecule has 0 saturated carbocycles. The van der Waals surface area contributed by atoms with Crippen LogP contribution in [-0.4, -0.2) is 39.9 Å². The van der Waals surface area contributed by atoms with Gasteiger partial charge >= 0.3 is 0 Å². The lowest BCUT2D eigenvalue weighted by Gasteiger charge is -2.15. The Bertz CT molecular complexity index is 1510. The summed E-state index contributed by atoms with van der Waals surface area (Å²) in [6, 6.07) is 8.66. The van der Waals surface area contributed by atoms with E-state index in [0.29, 0.717) is 11.3 Å². The Morgan fingerprint density at radius 2 is 2.09 bits per heavy atom. The van der Waals surface area contributed by atoms with Gasteiger partial charge < -0.3 is 15.0 Å². The number of ether oxygens (including phenoxy) is 1. The van der Waals surface area contributed by atoms with Crippen molar-refractivity contribution in [2.24, 2.45) is 0 Å². The second-order valence-electron chi connectivity index (χ2n) is 8.46. The normalized spacial score (nSPS) is 19.6. The molecule has 33 heavy (non-hydrogen) atoms. The van der Waals surface area contributed by atoms with Crippen LogP contribution in [0.2, 0.25) is 0 Å². The molecule has 0 saturated heterocycles. The molecule has 0 radical (unpaired) electrons. The van der Waals surface area contributed by atoms with Gasteiger partial charge in [-0.25, -0.2) is 14.4 Å². The number of aryl methyl sites for hydroxylation is 2. The number of benzene rings is 2. The third-order valence-corrected chi connectivity index (χ3v) is 5.57. The smallest absolute Gasteiger partial charge is 0.208 e. The maximum Gasteiger partial charge on any atom is 0.208 e. The molecule has 0 spiro atoms. The fourth-order valence-corrected chi connectivity index (χ4v) is 4.13. The molecule has 0 aliphatic carbocycles. The van der Waals surface area contributed by atoms with Gasteiger partial charge in [-0.1, -0.05) is 18.2 Å². The molecule has 1 N–H and O–H groups in total. The van der Waals surface area contributed by atoms with Crippen LogP contribution in [0.15, 0.2) is 42.7 Å². The first kappa shape index (κ1) is 17.1. The summed E-state index contributed by atoms with van der Waals surface area (Å²) < 4.78 is 55.5. The van der Waals surface area contributed by atoms with Gasteiger partial charge in [0.2, 0.25) is 5.95 Å². The number of fused-ring (bicyclic) bond motifs is 2. The Balaban J connectivity index is 1.57. The number of imidazole rings is 1. The molecular formula is C26H28FN5O. The number of aromatic nitrogens is 3. The Morgan fingerprint density at radius 3 is 2.88 bits per heavy atom. The Morgan fingerprint density at radius 1 is 1.24 bits per heavy atom. The van der Waals surface area contributed by atoms with Crippen molar-refractivity contribution in [2.45, 2.75) is 33.3 Å². The van der Waals surface area contributed by atoms with Crippen molar-refractivity contribution < 1.29 is 14.6 Å². The van der Waals surface area contributed by atoms with E-state index in [-0.39, 0.29) is 22.8 Å². The van der Waals surface area contributed by atoms with E-state index in [1.165, 1.54) is 11.6 Å². The molecule has 1 aliphatic heterocycles. The zero-order chi connectivity index (χ0) is 26.6. The van der Waals surface area contributed by atoms with Gasteiger partial charge in [0.15, 0.2) is 0 Å². The van der Waals surface area contributed by atoms with Crippen molar-refractivity contribution in [1.82, 2.24) is 19.3 Å². The lowest BCUT2D eigenvalue weighted by atomic mass is 10.00. The number of rotatable bonds is 6. The molecule has 0 bridgehead atoms. The molecule has 2 aromatic heterocycles. The van der Waals surface area contributed by atoms with Gasteiger partial charge in [-0.15, -0.1) is 0 Å². The highest BCUT2D eigenvalue weighted by atomic mass is 19.1.